The van der Waals surface area contributed by atoms with Gasteiger partial charge in [-0.15, -0.1) is 0 Å². The van der Waals surface area contributed by atoms with E-state index in [1.807, 2.05) is 32.6 Å². The number of ether oxygens (including phenoxy) is 1. The van der Waals surface area contributed by atoms with Crippen LogP contribution in [0.2, 0.25) is 10.0 Å². The van der Waals surface area contributed by atoms with Crippen molar-refractivity contribution in [3.8, 4) is 0 Å². The lowest BCUT2D eigenvalue weighted by Gasteiger charge is -2.52. The first-order valence-corrected chi connectivity index (χ1v) is 28.9. The molecule has 75 heavy (non-hydrogen) atoms. The summed E-state index contributed by atoms with van der Waals surface area (Å²) in [5.41, 5.74) is 4.53. The van der Waals surface area contributed by atoms with E-state index in [1.165, 1.54) is 42.5 Å². The Morgan fingerprint density at radius 3 is 1.39 bits per heavy atom. The SMILES string of the molecule is Cc1cc(/C=C/C(=O)N2C3CN(Cc4ccc(F)cc4)CC2CN(C(=O)OC(C)(C)C)C3)c(NS(C)(=O)=O)cc1Cl.Cc1cc(/C=C/C(=O)N2C3CNCC2CN(Cc2ccc(F)cc2)C3)c(NS(C)(=O)=O)cc1Cl. The van der Waals surface area contributed by atoms with Gasteiger partial charge in [-0.2, -0.15) is 0 Å². The Morgan fingerprint density at radius 1 is 0.640 bits per heavy atom. The van der Waals surface area contributed by atoms with Crippen LogP contribution in [-0.2, 0) is 47.5 Å². The Kier molecular flexibility index (Phi) is 18.1. The third kappa shape index (κ3) is 16.0. The number of piperazine rings is 4. The molecule has 0 radical (unpaired) electrons. The van der Waals surface area contributed by atoms with E-state index in [4.69, 9.17) is 27.9 Å². The highest BCUT2D eigenvalue weighted by Gasteiger charge is 2.44. The molecule has 4 aliphatic rings. The van der Waals surface area contributed by atoms with Crippen LogP contribution in [0.15, 0.2) is 84.9 Å². The highest BCUT2D eigenvalue weighted by atomic mass is 35.5. The molecule has 3 amide bonds. The molecule has 0 aliphatic carbocycles. The molecule has 4 bridgehead atoms. The number of hydrogen-bond donors (Lipinski definition) is 3. The van der Waals surface area contributed by atoms with Crippen molar-refractivity contribution >= 4 is 84.7 Å². The van der Waals surface area contributed by atoms with Gasteiger partial charge in [0.25, 0.3) is 0 Å². The van der Waals surface area contributed by atoms with Crippen molar-refractivity contribution in [3.63, 3.8) is 0 Å². The third-order valence-electron chi connectivity index (χ3n) is 12.9. The topological polar surface area (TPSA) is 181 Å². The summed E-state index contributed by atoms with van der Waals surface area (Å²) in [5, 5.41) is 4.23. The zero-order valence-electron chi connectivity index (χ0n) is 42.9. The molecule has 4 saturated heterocycles. The van der Waals surface area contributed by atoms with Gasteiger partial charge in [0.1, 0.15) is 17.2 Å². The fourth-order valence-electron chi connectivity index (χ4n) is 9.81. The van der Waals surface area contributed by atoms with Crippen LogP contribution in [0, 0.1) is 25.5 Å². The number of aryl methyl sites for hydroxylation is 2. The van der Waals surface area contributed by atoms with Gasteiger partial charge in [0.05, 0.1) is 48.1 Å². The Morgan fingerprint density at radius 2 is 1.01 bits per heavy atom. The number of carbonyl (C=O) groups excluding carboxylic acids is 3. The van der Waals surface area contributed by atoms with E-state index in [0.29, 0.717) is 92.3 Å². The van der Waals surface area contributed by atoms with Gasteiger partial charge in [-0.25, -0.2) is 30.4 Å². The quantitative estimate of drug-likeness (QED) is 0.121. The third-order valence-corrected chi connectivity index (χ3v) is 14.9. The number of hydrogen-bond acceptors (Lipinski definition) is 11. The van der Waals surface area contributed by atoms with E-state index in [2.05, 4.69) is 24.6 Å². The standard InChI is InChI=1S/C29H36ClFN4O5S.C24H28ClFN4O3S/c1-19-12-21(26(13-25(19)30)32-41(5,38)39)8-11-27(36)35-23-15-33(14-20-6-9-22(31)10-7-20)16-24(35)18-34(17-23)28(37)40-29(2,3)4;1-16-9-18(23(10-22(16)25)28-34(2,32)33)5-8-24(31)30-20-11-27-12-21(30)15-29(14-20)13-17-3-6-19(26)7-4-17/h6-13,23-24,32H,14-18H2,1-5H3;3-10,20-21,27-28H,11-15H2,1-2H3/b11-8+;8-5+. The van der Waals surface area contributed by atoms with Gasteiger partial charge in [0.15, 0.2) is 0 Å². The van der Waals surface area contributed by atoms with E-state index < -0.39 is 31.7 Å². The van der Waals surface area contributed by atoms with Gasteiger partial charge in [-0.1, -0.05) is 47.5 Å². The second-order valence-electron chi connectivity index (χ2n) is 20.6. The molecule has 4 aromatic rings. The summed E-state index contributed by atoms with van der Waals surface area (Å²) < 4.78 is 84.5. The molecule has 0 spiro atoms. The molecule has 3 N–H and O–H groups in total. The average Bonchev–Trinajstić information content (AvgIpc) is 3.29. The molecule has 4 heterocycles. The van der Waals surface area contributed by atoms with Crippen molar-refractivity contribution < 1.29 is 44.7 Å². The summed E-state index contributed by atoms with van der Waals surface area (Å²) >= 11 is 12.4. The normalized spacial score (nSPS) is 20.4. The van der Waals surface area contributed by atoms with Crippen LogP contribution in [0.5, 0.6) is 0 Å². The number of fused-ring (bicyclic) bond motifs is 4. The smallest absolute Gasteiger partial charge is 0.410 e. The lowest BCUT2D eigenvalue weighted by molar-refractivity contribution is -0.141. The maximum Gasteiger partial charge on any atom is 0.410 e. The van der Waals surface area contributed by atoms with E-state index in [1.54, 1.807) is 71.3 Å². The van der Waals surface area contributed by atoms with Gasteiger partial charge in [-0.3, -0.25) is 28.8 Å². The molecular weight excluding hydrogens is 1050 g/mol. The fourth-order valence-corrected chi connectivity index (χ4v) is 11.3. The average molecular weight is 1110 g/mol. The first kappa shape index (κ1) is 57.1. The number of nitrogens with one attached hydrogen (secondary N) is 3. The number of sulfonamides is 2. The first-order chi connectivity index (χ1) is 35.2. The number of amides is 3. The molecule has 0 aromatic heterocycles. The maximum atomic E-state index is 13.6. The molecule has 4 fully saturated rings. The lowest BCUT2D eigenvalue weighted by Crippen LogP contribution is -2.70. The summed E-state index contributed by atoms with van der Waals surface area (Å²) in [6, 6.07) is 18.8. The highest BCUT2D eigenvalue weighted by molar-refractivity contribution is 7.92. The van der Waals surface area contributed by atoms with Crippen LogP contribution >= 0.6 is 23.2 Å². The molecule has 4 aromatic carbocycles. The monoisotopic (exact) mass is 1110 g/mol. The molecule has 4 atom stereocenters. The van der Waals surface area contributed by atoms with Gasteiger partial charge < -0.3 is 24.8 Å². The van der Waals surface area contributed by atoms with E-state index in [0.717, 1.165) is 34.8 Å². The second-order valence-corrected chi connectivity index (χ2v) is 24.9. The molecule has 404 valence electrons. The number of nitrogens with zero attached hydrogens (tertiary/aromatic N) is 5. The zero-order chi connectivity index (χ0) is 54.6. The minimum atomic E-state index is -3.58. The number of carbonyl (C=O) groups is 3. The Balaban J connectivity index is 0.000000222. The number of rotatable bonds is 12. The molecule has 8 rings (SSSR count). The van der Waals surface area contributed by atoms with Crippen LogP contribution in [-0.4, -0.2) is 154 Å². The van der Waals surface area contributed by atoms with Crippen LogP contribution in [0.3, 0.4) is 0 Å². The molecule has 4 aliphatic heterocycles. The zero-order valence-corrected chi connectivity index (χ0v) is 46.1. The second kappa shape index (κ2) is 23.7. The van der Waals surface area contributed by atoms with Crippen LogP contribution in [0.1, 0.15) is 54.2 Å². The van der Waals surface area contributed by atoms with E-state index >= 15 is 0 Å². The molecule has 4 unspecified atom stereocenters. The Bertz CT molecular complexity index is 3020. The largest absolute Gasteiger partial charge is 0.444 e. The van der Waals surface area contributed by atoms with Crippen molar-refractivity contribution in [2.75, 3.05) is 74.3 Å². The molecule has 0 saturated carbocycles. The van der Waals surface area contributed by atoms with Gasteiger partial charge in [0.2, 0.25) is 31.9 Å². The fraction of sp³-hybridized carbons (Fsp3) is 0.415. The Labute approximate surface area is 448 Å². The maximum absolute atomic E-state index is 13.6. The predicted octanol–water partition coefficient (Wildman–Crippen LogP) is 7.36. The minimum absolute atomic E-state index is 0.00525. The van der Waals surface area contributed by atoms with Gasteiger partial charge in [-0.05, 0) is 129 Å². The van der Waals surface area contributed by atoms with Gasteiger partial charge >= 0.3 is 6.09 Å². The number of anilines is 2. The summed E-state index contributed by atoms with van der Waals surface area (Å²) in [7, 11) is -7.08. The lowest BCUT2D eigenvalue weighted by atomic mass is 9.99. The molecular formula is C53H64Cl2F2N8O8S2. The van der Waals surface area contributed by atoms with E-state index in [-0.39, 0.29) is 53.3 Å². The van der Waals surface area contributed by atoms with Crippen LogP contribution in [0.4, 0.5) is 25.0 Å². The first-order valence-electron chi connectivity index (χ1n) is 24.4. The summed E-state index contributed by atoms with van der Waals surface area (Å²) in [4.78, 5) is 49.6. The van der Waals surface area contributed by atoms with E-state index in [9.17, 15) is 40.0 Å². The summed E-state index contributed by atoms with van der Waals surface area (Å²) in [5.74, 6) is -0.914. The Hall–Kier alpha value is -5.61. The van der Waals surface area contributed by atoms with Crippen molar-refractivity contribution in [1.29, 1.82) is 0 Å². The van der Waals surface area contributed by atoms with Crippen molar-refractivity contribution in [1.82, 2.24) is 29.8 Å². The summed E-state index contributed by atoms with van der Waals surface area (Å²) in [6.07, 6.45) is 7.82. The highest BCUT2D eigenvalue weighted by Crippen LogP contribution is 2.31. The van der Waals surface area contributed by atoms with Crippen molar-refractivity contribution in [2.24, 2.45) is 0 Å². The minimum Gasteiger partial charge on any atom is -0.444 e. The predicted molar refractivity (Wildman–Crippen MR) is 290 cm³/mol. The number of halogens is 4. The number of benzene rings is 4. The van der Waals surface area contributed by atoms with Crippen LogP contribution < -0.4 is 14.8 Å². The summed E-state index contributed by atoms with van der Waals surface area (Å²) in [6.45, 7) is 14.8. The molecule has 22 heteroatoms. The van der Waals surface area contributed by atoms with Gasteiger partial charge in [0, 0.05) is 87.6 Å². The van der Waals surface area contributed by atoms with Crippen LogP contribution in [0.25, 0.3) is 12.2 Å². The van der Waals surface area contributed by atoms with Crippen molar-refractivity contribution in [3.05, 3.63) is 140 Å². The molecule has 16 nitrogen and oxygen atoms in total. The van der Waals surface area contributed by atoms with Crippen molar-refractivity contribution in [2.45, 2.75) is 77.5 Å².